The number of nitrogens with zero attached hydrogens (tertiary/aromatic N) is 2. The number of nitro groups is 1. The second-order valence-electron chi connectivity index (χ2n) is 4.93. The summed E-state index contributed by atoms with van der Waals surface area (Å²) in [7, 11) is 0. The van der Waals surface area contributed by atoms with Gasteiger partial charge in [0.25, 0.3) is 5.69 Å². The van der Waals surface area contributed by atoms with Gasteiger partial charge in [0, 0.05) is 28.3 Å². The number of nitro benzene ring substituents is 1. The molecule has 122 valence electrons. The molecule has 0 aliphatic carbocycles. The van der Waals surface area contributed by atoms with Crippen LogP contribution in [0.5, 0.6) is 0 Å². The van der Waals surface area contributed by atoms with E-state index in [9.17, 15) is 15.2 Å². The normalized spacial score (nSPS) is 10.8. The maximum absolute atomic E-state index is 10.7. The summed E-state index contributed by atoms with van der Waals surface area (Å²) >= 11 is 12.1. The molecule has 0 spiro atoms. The van der Waals surface area contributed by atoms with Gasteiger partial charge in [-0.3, -0.25) is 10.1 Å². The van der Waals surface area contributed by atoms with E-state index < -0.39 is 4.92 Å². The monoisotopic (exact) mass is 364 g/mol. The predicted octanol–water partition coefficient (Wildman–Crippen LogP) is 4.72. The summed E-state index contributed by atoms with van der Waals surface area (Å²) in [6, 6.07) is 10.7. The predicted molar refractivity (Wildman–Crippen MR) is 90.0 cm³/mol. The Morgan fingerprint density at radius 1 is 1.17 bits per heavy atom. The quantitative estimate of drug-likeness (QED) is 0.534. The molecule has 6 nitrogen and oxygen atoms in total. The molecule has 0 unspecified atom stereocenters. The van der Waals surface area contributed by atoms with Crippen LogP contribution in [0.15, 0.2) is 47.0 Å². The van der Waals surface area contributed by atoms with Gasteiger partial charge in [0.2, 0.25) is 0 Å². The van der Waals surface area contributed by atoms with E-state index in [0.29, 0.717) is 38.2 Å². The van der Waals surface area contributed by atoms with Crippen LogP contribution in [0.25, 0.3) is 22.6 Å². The summed E-state index contributed by atoms with van der Waals surface area (Å²) in [6.45, 7) is -0.329. The molecule has 1 heterocycles. The third-order valence-corrected chi connectivity index (χ3v) is 4.02. The minimum Gasteiger partial charge on any atom is -0.391 e. The fraction of sp³-hybridized carbons (Fsp3) is 0.0625. The molecule has 1 N–H and O–H groups in total. The van der Waals surface area contributed by atoms with Crippen molar-refractivity contribution in [2.45, 2.75) is 6.61 Å². The average molecular weight is 365 g/mol. The number of aliphatic hydroxyl groups excluding tert-OH is 1. The topological polar surface area (TPSA) is 89.4 Å². The minimum absolute atomic E-state index is 0.0336. The second-order valence-corrected chi connectivity index (χ2v) is 5.77. The van der Waals surface area contributed by atoms with Crippen molar-refractivity contribution < 1.29 is 14.6 Å². The number of non-ortho nitro benzene ring substituents is 1. The lowest BCUT2D eigenvalue weighted by Gasteiger charge is -2.04. The number of halogens is 2. The Labute approximate surface area is 146 Å². The lowest BCUT2D eigenvalue weighted by atomic mass is 10.0. The van der Waals surface area contributed by atoms with E-state index in [1.165, 1.54) is 12.1 Å². The van der Waals surface area contributed by atoms with Crippen LogP contribution in [0.4, 0.5) is 5.69 Å². The molecule has 0 atom stereocenters. The Morgan fingerprint density at radius 3 is 2.46 bits per heavy atom. The van der Waals surface area contributed by atoms with Gasteiger partial charge in [-0.25, -0.2) is 0 Å². The number of benzene rings is 2. The summed E-state index contributed by atoms with van der Waals surface area (Å²) in [5, 5.41) is 25.3. The summed E-state index contributed by atoms with van der Waals surface area (Å²) in [5.74, 6) is 0.326. The van der Waals surface area contributed by atoms with E-state index in [0.717, 1.165) is 0 Å². The van der Waals surface area contributed by atoms with Crippen LogP contribution in [0.2, 0.25) is 10.0 Å². The molecule has 1 aromatic heterocycles. The van der Waals surface area contributed by atoms with Gasteiger partial charge in [-0.2, -0.15) is 0 Å². The van der Waals surface area contributed by atoms with Crippen molar-refractivity contribution in [1.29, 1.82) is 0 Å². The molecule has 3 aromatic rings. The van der Waals surface area contributed by atoms with Crippen LogP contribution in [-0.4, -0.2) is 15.2 Å². The molecule has 2 aromatic carbocycles. The van der Waals surface area contributed by atoms with E-state index in [1.54, 1.807) is 30.3 Å². The molecule has 0 radical (unpaired) electrons. The fourth-order valence-electron chi connectivity index (χ4n) is 2.31. The fourth-order valence-corrected chi connectivity index (χ4v) is 2.80. The molecule has 0 amide bonds. The Kier molecular flexibility index (Phi) is 4.53. The Morgan fingerprint density at radius 2 is 1.88 bits per heavy atom. The first-order valence-electron chi connectivity index (χ1n) is 6.81. The van der Waals surface area contributed by atoms with Crippen molar-refractivity contribution in [3.05, 3.63) is 68.2 Å². The van der Waals surface area contributed by atoms with Gasteiger partial charge in [0.1, 0.15) is 5.69 Å². The van der Waals surface area contributed by atoms with E-state index in [-0.39, 0.29) is 12.3 Å². The van der Waals surface area contributed by atoms with Crippen LogP contribution in [-0.2, 0) is 6.61 Å². The molecule has 24 heavy (non-hydrogen) atoms. The molecule has 0 fully saturated rings. The number of aliphatic hydroxyl groups is 1. The van der Waals surface area contributed by atoms with Gasteiger partial charge in [-0.1, -0.05) is 28.4 Å². The summed E-state index contributed by atoms with van der Waals surface area (Å²) in [4.78, 5) is 10.2. The van der Waals surface area contributed by atoms with Gasteiger partial charge < -0.3 is 9.63 Å². The SMILES string of the molecule is O=[N+]([O-])c1ccc(-c2noc(-c3ccc(Cl)cc3Cl)c2CO)cc1. The number of rotatable bonds is 4. The van der Waals surface area contributed by atoms with Crippen LogP contribution in [0.1, 0.15) is 5.56 Å². The zero-order valence-electron chi connectivity index (χ0n) is 12.1. The average Bonchev–Trinajstić information content (AvgIpc) is 2.98. The second kappa shape index (κ2) is 6.60. The van der Waals surface area contributed by atoms with Crippen LogP contribution < -0.4 is 0 Å². The summed E-state index contributed by atoms with van der Waals surface area (Å²) in [6.07, 6.45) is 0. The van der Waals surface area contributed by atoms with Crippen LogP contribution in [0.3, 0.4) is 0 Å². The highest BCUT2D eigenvalue weighted by atomic mass is 35.5. The van der Waals surface area contributed by atoms with Crippen molar-refractivity contribution in [3.8, 4) is 22.6 Å². The van der Waals surface area contributed by atoms with Gasteiger partial charge in [0.05, 0.1) is 22.1 Å². The third kappa shape index (κ3) is 2.99. The first kappa shape index (κ1) is 16.4. The van der Waals surface area contributed by atoms with Crippen LogP contribution >= 0.6 is 23.2 Å². The zero-order valence-corrected chi connectivity index (χ0v) is 13.6. The van der Waals surface area contributed by atoms with Crippen molar-refractivity contribution >= 4 is 28.9 Å². The smallest absolute Gasteiger partial charge is 0.269 e. The van der Waals surface area contributed by atoms with Gasteiger partial charge >= 0.3 is 0 Å². The summed E-state index contributed by atoms with van der Waals surface area (Å²) < 4.78 is 5.35. The largest absolute Gasteiger partial charge is 0.391 e. The van der Waals surface area contributed by atoms with E-state index in [4.69, 9.17) is 27.7 Å². The molecule has 3 rings (SSSR count). The van der Waals surface area contributed by atoms with E-state index >= 15 is 0 Å². The van der Waals surface area contributed by atoms with Gasteiger partial charge in [-0.05, 0) is 30.3 Å². The number of hydrogen-bond donors (Lipinski definition) is 1. The van der Waals surface area contributed by atoms with Gasteiger partial charge in [-0.15, -0.1) is 0 Å². The molecule has 0 bridgehead atoms. The standard InChI is InChI=1S/C16H10Cl2N2O4/c17-10-3-6-12(14(18)7-10)16-13(8-21)15(19-24-16)9-1-4-11(5-2-9)20(22)23/h1-7,21H,8H2. The van der Waals surface area contributed by atoms with Crippen molar-refractivity contribution in [2.24, 2.45) is 0 Å². The first-order chi connectivity index (χ1) is 11.5. The molecule has 0 saturated heterocycles. The lowest BCUT2D eigenvalue weighted by molar-refractivity contribution is -0.384. The van der Waals surface area contributed by atoms with Crippen molar-refractivity contribution in [3.63, 3.8) is 0 Å². The number of aromatic nitrogens is 1. The van der Waals surface area contributed by atoms with Crippen molar-refractivity contribution in [1.82, 2.24) is 5.16 Å². The Hall–Kier alpha value is -2.41. The van der Waals surface area contributed by atoms with E-state index in [2.05, 4.69) is 5.16 Å². The maximum atomic E-state index is 10.7. The van der Waals surface area contributed by atoms with Crippen molar-refractivity contribution in [2.75, 3.05) is 0 Å². The third-order valence-electron chi connectivity index (χ3n) is 3.47. The molecule has 0 aliphatic rings. The molecular formula is C16H10Cl2N2O4. The molecular weight excluding hydrogens is 355 g/mol. The first-order valence-corrected chi connectivity index (χ1v) is 7.56. The Bertz CT molecular complexity index is 907. The lowest BCUT2D eigenvalue weighted by Crippen LogP contribution is -1.91. The highest BCUT2D eigenvalue weighted by Crippen LogP contribution is 2.37. The maximum Gasteiger partial charge on any atom is 0.269 e. The highest BCUT2D eigenvalue weighted by Gasteiger charge is 2.20. The van der Waals surface area contributed by atoms with Gasteiger partial charge in [0.15, 0.2) is 5.76 Å². The molecule has 0 aliphatic heterocycles. The molecule has 0 saturated carbocycles. The zero-order chi connectivity index (χ0) is 17.3. The Balaban J connectivity index is 2.08. The summed E-state index contributed by atoms with van der Waals surface area (Å²) in [5.41, 5.74) is 1.94. The van der Waals surface area contributed by atoms with E-state index in [1.807, 2.05) is 0 Å². The molecule has 8 heteroatoms. The highest BCUT2D eigenvalue weighted by molar-refractivity contribution is 6.36. The van der Waals surface area contributed by atoms with Crippen LogP contribution in [0, 0.1) is 10.1 Å². The minimum atomic E-state index is -0.488. The number of hydrogen-bond acceptors (Lipinski definition) is 5.